The van der Waals surface area contributed by atoms with E-state index in [-0.39, 0.29) is 18.0 Å². The molecule has 0 radical (unpaired) electrons. The largest absolute Gasteiger partial charge is 0.476 e. The minimum absolute atomic E-state index is 0.0235. The molecule has 2 aromatic rings. The van der Waals surface area contributed by atoms with Crippen LogP contribution in [0.15, 0.2) is 36.5 Å². The van der Waals surface area contributed by atoms with E-state index < -0.39 is 5.97 Å². The van der Waals surface area contributed by atoms with Crippen LogP contribution in [0.2, 0.25) is 0 Å². The van der Waals surface area contributed by atoms with Gasteiger partial charge in [-0.2, -0.15) is 0 Å². The van der Waals surface area contributed by atoms with Gasteiger partial charge in [-0.3, -0.25) is 4.79 Å². The molecular formula is C11H9N3O3. The van der Waals surface area contributed by atoms with Gasteiger partial charge in [0.1, 0.15) is 6.54 Å². The minimum Gasteiger partial charge on any atom is -0.476 e. The number of Topliss-reactive ketones (excluding diaryl/α,β-unsaturated/α-hetero) is 1. The average Bonchev–Trinajstić information content (AvgIpc) is 2.79. The number of rotatable bonds is 4. The van der Waals surface area contributed by atoms with E-state index in [1.807, 2.05) is 6.07 Å². The number of hydrogen-bond acceptors (Lipinski definition) is 4. The summed E-state index contributed by atoms with van der Waals surface area (Å²) in [5.41, 5.74) is 0.380. The zero-order valence-corrected chi connectivity index (χ0v) is 8.78. The summed E-state index contributed by atoms with van der Waals surface area (Å²) >= 11 is 0. The van der Waals surface area contributed by atoms with E-state index in [0.717, 1.165) is 0 Å². The van der Waals surface area contributed by atoms with E-state index >= 15 is 0 Å². The first kappa shape index (κ1) is 11.0. The first-order valence-corrected chi connectivity index (χ1v) is 4.88. The molecule has 17 heavy (non-hydrogen) atoms. The highest BCUT2D eigenvalue weighted by Gasteiger charge is 2.11. The number of benzene rings is 1. The number of ketones is 1. The lowest BCUT2D eigenvalue weighted by Gasteiger charge is -1.99. The van der Waals surface area contributed by atoms with E-state index in [1.54, 1.807) is 24.3 Å². The molecule has 0 amide bonds. The number of carboxylic acid groups (broad SMARTS) is 1. The van der Waals surface area contributed by atoms with Crippen LogP contribution in [0.3, 0.4) is 0 Å². The maximum atomic E-state index is 11.8. The molecule has 6 heteroatoms. The Kier molecular flexibility index (Phi) is 2.95. The number of nitrogens with zero attached hydrogens (tertiary/aromatic N) is 3. The van der Waals surface area contributed by atoms with Crippen molar-refractivity contribution >= 4 is 11.8 Å². The maximum Gasteiger partial charge on any atom is 0.358 e. The highest BCUT2D eigenvalue weighted by atomic mass is 16.4. The number of aromatic carboxylic acids is 1. The number of carboxylic acids is 1. The second kappa shape index (κ2) is 4.56. The molecular weight excluding hydrogens is 222 g/mol. The van der Waals surface area contributed by atoms with Gasteiger partial charge in [-0.1, -0.05) is 35.5 Å². The zero-order valence-electron chi connectivity index (χ0n) is 8.78. The lowest BCUT2D eigenvalue weighted by Crippen LogP contribution is -2.10. The summed E-state index contributed by atoms with van der Waals surface area (Å²) in [5.74, 6) is -1.31. The predicted octanol–water partition coefficient (Wildman–Crippen LogP) is 0.859. The van der Waals surface area contributed by atoms with Crippen molar-refractivity contribution in [3.05, 3.63) is 47.8 Å². The Morgan fingerprint density at radius 1 is 1.24 bits per heavy atom. The number of aromatic nitrogens is 3. The van der Waals surface area contributed by atoms with E-state index in [1.165, 1.54) is 10.9 Å². The Morgan fingerprint density at radius 3 is 2.53 bits per heavy atom. The van der Waals surface area contributed by atoms with E-state index in [4.69, 9.17) is 5.11 Å². The molecule has 0 spiro atoms. The molecule has 0 aliphatic carbocycles. The molecule has 1 N–H and O–H groups in total. The molecule has 0 unspecified atom stereocenters. The van der Waals surface area contributed by atoms with Gasteiger partial charge in [0.05, 0.1) is 6.20 Å². The highest BCUT2D eigenvalue weighted by Crippen LogP contribution is 2.02. The summed E-state index contributed by atoms with van der Waals surface area (Å²) in [6, 6.07) is 8.72. The van der Waals surface area contributed by atoms with Crippen molar-refractivity contribution in [3.63, 3.8) is 0 Å². The normalized spacial score (nSPS) is 10.1. The smallest absolute Gasteiger partial charge is 0.358 e. The fourth-order valence-electron chi connectivity index (χ4n) is 1.34. The van der Waals surface area contributed by atoms with Crippen molar-refractivity contribution < 1.29 is 14.7 Å². The van der Waals surface area contributed by atoms with Crippen molar-refractivity contribution in [3.8, 4) is 0 Å². The molecule has 0 aliphatic rings. The Labute approximate surface area is 96.5 Å². The van der Waals surface area contributed by atoms with E-state index in [9.17, 15) is 9.59 Å². The van der Waals surface area contributed by atoms with Crippen LogP contribution in [0.25, 0.3) is 0 Å². The second-order valence-electron chi connectivity index (χ2n) is 3.40. The van der Waals surface area contributed by atoms with Crippen LogP contribution in [-0.4, -0.2) is 31.9 Å². The average molecular weight is 231 g/mol. The van der Waals surface area contributed by atoms with Crippen LogP contribution in [0.4, 0.5) is 0 Å². The van der Waals surface area contributed by atoms with Gasteiger partial charge < -0.3 is 5.11 Å². The molecule has 2 rings (SSSR count). The Bertz CT molecular complexity index is 548. The summed E-state index contributed by atoms with van der Waals surface area (Å²) in [5, 5.41) is 15.6. The molecule has 0 aliphatic heterocycles. The molecule has 0 fully saturated rings. The van der Waals surface area contributed by atoms with Crippen molar-refractivity contribution in [1.82, 2.24) is 15.0 Å². The molecule has 0 atom stereocenters. The topological polar surface area (TPSA) is 85.1 Å². The Hall–Kier alpha value is -2.50. The monoisotopic (exact) mass is 231 g/mol. The van der Waals surface area contributed by atoms with Gasteiger partial charge in [0.25, 0.3) is 0 Å². The summed E-state index contributed by atoms with van der Waals surface area (Å²) in [4.78, 5) is 22.3. The van der Waals surface area contributed by atoms with Gasteiger partial charge >= 0.3 is 5.97 Å². The second-order valence-corrected chi connectivity index (χ2v) is 3.40. The van der Waals surface area contributed by atoms with Gasteiger partial charge in [-0.25, -0.2) is 9.48 Å². The van der Waals surface area contributed by atoms with Crippen LogP contribution in [0.5, 0.6) is 0 Å². The SMILES string of the molecule is O=C(Cn1cc(C(=O)O)nn1)c1ccccc1. The first-order chi connectivity index (χ1) is 8.16. The van der Waals surface area contributed by atoms with Crippen molar-refractivity contribution in [2.45, 2.75) is 6.54 Å². The van der Waals surface area contributed by atoms with Crippen molar-refractivity contribution in [2.24, 2.45) is 0 Å². The zero-order chi connectivity index (χ0) is 12.3. The van der Waals surface area contributed by atoms with Gasteiger partial charge in [0.15, 0.2) is 11.5 Å². The van der Waals surface area contributed by atoms with Crippen molar-refractivity contribution in [2.75, 3.05) is 0 Å². The summed E-state index contributed by atoms with van der Waals surface area (Å²) in [6.07, 6.45) is 1.23. The molecule has 86 valence electrons. The molecule has 1 aromatic heterocycles. The Morgan fingerprint density at radius 2 is 1.94 bits per heavy atom. The molecule has 6 nitrogen and oxygen atoms in total. The van der Waals surface area contributed by atoms with Crippen molar-refractivity contribution in [1.29, 1.82) is 0 Å². The fourth-order valence-corrected chi connectivity index (χ4v) is 1.34. The Balaban J connectivity index is 2.11. The molecule has 0 saturated carbocycles. The minimum atomic E-state index is -1.16. The highest BCUT2D eigenvalue weighted by molar-refractivity contribution is 5.95. The fraction of sp³-hybridized carbons (Fsp3) is 0.0909. The van der Waals surface area contributed by atoms with E-state index in [0.29, 0.717) is 5.56 Å². The van der Waals surface area contributed by atoms with Crippen LogP contribution in [0, 0.1) is 0 Å². The lowest BCUT2D eigenvalue weighted by molar-refractivity contribution is 0.0690. The maximum absolute atomic E-state index is 11.8. The number of carbonyl (C=O) groups is 2. The van der Waals surface area contributed by atoms with Gasteiger partial charge in [0.2, 0.25) is 0 Å². The number of carbonyl (C=O) groups excluding carboxylic acids is 1. The standard InChI is InChI=1S/C11H9N3O3/c15-10(8-4-2-1-3-5-8)7-14-6-9(11(16)17)12-13-14/h1-6H,7H2,(H,16,17). The molecule has 1 heterocycles. The van der Waals surface area contributed by atoms with Crippen LogP contribution < -0.4 is 0 Å². The van der Waals surface area contributed by atoms with Gasteiger partial charge in [-0.15, -0.1) is 5.10 Å². The lowest BCUT2D eigenvalue weighted by atomic mass is 10.1. The number of hydrogen-bond donors (Lipinski definition) is 1. The summed E-state index contributed by atoms with van der Waals surface area (Å²) in [6.45, 7) is -0.0235. The predicted molar refractivity (Wildman–Crippen MR) is 57.8 cm³/mol. The third-order valence-corrected chi connectivity index (χ3v) is 2.16. The first-order valence-electron chi connectivity index (χ1n) is 4.88. The van der Waals surface area contributed by atoms with E-state index in [2.05, 4.69) is 10.3 Å². The van der Waals surface area contributed by atoms with Gasteiger partial charge in [-0.05, 0) is 0 Å². The molecule has 0 saturated heterocycles. The van der Waals surface area contributed by atoms with Crippen LogP contribution in [-0.2, 0) is 6.54 Å². The molecule has 0 bridgehead atoms. The summed E-state index contributed by atoms with van der Waals surface area (Å²) < 4.78 is 1.21. The third kappa shape index (κ3) is 2.54. The third-order valence-electron chi connectivity index (χ3n) is 2.16. The van der Waals surface area contributed by atoms with Crippen LogP contribution in [0.1, 0.15) is 20.8 Å². The van der Waals surface area contributed by atoms with Gasteiger partial charge in [0, 0.05) is 5.56 Å². The molecule has 1 aromatic carbocycles. The summed E-state index contributed by atoms with van der Waals surface area (Å²) in [7, 11) is 0. The van der Waals surface area contributed by atoms with Crippen LogP contribution >= 0.6 is 0 Å². The quantitative estimate of drug-likeness (QED) is 0.789.